The van der Waals surface area contributed by atoms with Gasteiger partial charge in [0.05, 0.1) is 12.2 Å². The largest absolute Gasteiger partial charge is 0.369 e. The summed E-state index contributed by atoms with van der Waals surface area (Å²) in [6, 6.07) is 8.08. The van der Waals surface area contributed by atoms with Crippen LogP contribution in [-0.2, 0) is 4.74 Å². The zero-order chi connectivity index (χ0) is 12.0. The van der Waals surface area contributed by atoms with Crippen LogP contribution in [0.2, 0.25) is 0 Å². The Labute approximate surface area is 106 Å². The Morgan fingerprint density at radius 2 is 2.06 bits per heavy atom. The van der Waals surface area contributed by atoms with Crippen LogP contribution < -0.4 is 5.73 Å². The van der Waals surface area contributed by atoms with Crippen LogP contribution in [0.5, 0.6) is 0 Å². The predicted octanol–water partition coefficient (Wildman–Crippen LogP) is 3.65. The maximum atomic E-state index is 5.95. The molecule has 0 amide bonds. The average Bonchev–Trinajstić information content (AvgIpc) is 2.27. The normalized spacial score (nSPS) is 14.8. The summed E-state index contributed by atoms with van der Waals surface area (Å²) in [4.78, 5) is 0. The third-order valence-electron chi connectivity index (χ3n) is 2.56. The maximum absolute atomic E-state index is 5.95. The van der Waals surface area contributed by atoms with Gasteiger partial charge in [0.15, 0.2) is 0 Å². The molecule has 2 atom stereocenters. The molecule has 1 rings (SSSR count). The fourth-order valence-corrected chi connectivity index (χ4v) is 2.29. The van der Waals surface area contributed by atoms with Gasteiger partial charge in [-0.2, -0.15) is 0 Å². The molecule has 1 aromatic carbocycles. The smallest absolute Gasteiger partial charge is 0.0961 e. The molecule has 16 heavy (non-hydrogen) atoms. The molecular formula is C13H20BrNO. The molecule has 0 radical (unpaired) electrons. The summed E-state index contributed by atoms with van der Waals surface area (Å²) < 4.78 is 7.02. The van der Waals surface area contributed by atoms with Gasteiger partial charge < -0.3 is 10.5 Å². The van der Waals surface area contributed by atoms with Crippen LogP contribution in [0.1, 0.15) is 38.4 Å². The highest BCUT2D eigenvalue weighted by Crippen LogP contribution is 2.26. The summed E-state index contributed by atoms with van der Waals surface area (Å²) in [7, 11) is 0. The van der Waals surface area contributed by atoms with Gasteiger partial charge in [-0.1, -0.05) is 47.5 Å². The van der Waals surface area contributed by atoms with Crippen LogP contribution in [0.15, 0.2) is 28.7 Å². The minimum Gasteiger partial charge on any atom is -0.369 e. The Kier molecular flexibility index (Phi) is 6.03. The summed E-state index contributed by atoms with van der Waals surface area (Å²) in [5.74, 6) is 0. The van der Waals surface area contributed by atoms with Crippen molar-refractivity contribution in [3.8, 4) is 0 Å². The zero-order valence-electron chi connectivity index (χ0n) is 9.95. The molecule has 0 fully saturated rings. The second-order valence-electron chi connectivity index (χ2n) is 3.98. The van der Waals surface area contributed by atoms with E-state index in [9.17, 15) is 0 Å². The first-order valence-electron chi connectivity index (χ1n) is 5.79. The van der Waals surface area contributed by atoms with E-state index in [2.05, 4.69) is 35.8 Å². The van der Waals surface area contributed by atoms with Crippen LogP contribution in [0.3, 0.4) is 0 Å². The van der Waals surface area contributed by atoms with Gasteiger partial charge in [0.2, 0.25) is 0 Å². The first-order valence-corrected chi connectivity index (χ1v) is 6.58. The van der Waals surface area contributed by atoms with Crippen molar-refractivity contribution >= 4 is 15.9 Å². The molecule has 0 spiro atoms. The molecule has 0 aliphatic heterocycles. The highest BCUT2D eigenvalue weighted by atomic mass is 79.9. The lowest BCUT2D eigenvalue weighted by Gasteiger charge is -2.22. The Morgan fingerprint density at radius 1 is 1.38 bits per heavy atom. The van der Waals surface area contributed by atoms with Crippen LogP contribution >= 0.6 is 15.9 Å². The van der Waals surface area contributed by atoms with Crippen molar-refractivity contribution in [3.05, 3.63) is 34.3 Å². The Balaban J connectivity index is 2.71. The monoisotopic (exact) mass is 285 g/mol. The standard InChI is InChI=1S/C13H20BrNO/c1-3-6-10(2)16-13(9-15)11-7-4-5-8-12(11)14/h4-5,7-8,10,13H,3,6,9,15H2,1-2H3. The molecule has 3 heteroatoms. The molecule has 0 saturated carbocycles. The lowest BCUT2D eigenvalue weighted by atomic mass is 10.1. The minimum absolute atomic E-state index is 0.0166. The lowest BCUT2D eigenvalue weighted by molar-refractivity contribution is -0.00319. The fraction of sp³-hybridized carbons (Fsp3) is 0.538. The summed E-state index contributed by atoms with van der Waals surface area (Å²) in [5.41, 5.74) is 6.90. The van der Waals surface area contributed by atoms with Gasteiger partial charge in [-0.25, -0.2) is 0 Å². The summed E-state index contributed by atoms with van der Waals surface area (Å²) in [6.45, 7) is 4.77. The lowest BCUT2D eigenvalue weighted by Crippen LogP contribution is -2.21. The number of ether oxygens (including phenoxy) is 1. The van der Waals surface area contributed by atoms with E-state index in [4.69, 9.17) is 10.5 Å². The third-order valence-corrected chi connectivity index (χ3v) is 3.28. The van der Waals surface area contributed by atoms with Gasteiger partial charge in [-0.05, 0) is 25.0 Å². The molecule has 0 aliphatic rings. The number of rotatable bonds is 6. The Hall–Kier alpha value is -0.380. The van der Waals surface area contributed by atoms with Crippen LogP contribution in [-0.4, -0.2) is 12.6 Å². The molecule has 1 aromatic rings. The molecule has 0 bridgehead atoms. The van der Waals surface area contributed by atoms with E-state index in [1.165, 1.54) is 0 Å². The second kappa shape index (κ2) is 7.05. The van der Waals surface area contributed by atoms with Crippen molar-refractivity contribution in [1.29, 1.82) is 0 Å². The summed E-state index contributed by atoms with van der Waals surface area (Å²) in [5, 5.41) is 0. The van der Waals surface area contributed by atoms with Gasteiger partial charge >= 0.3 is 0 Å². The zero-order valence-corrected chi connectivity index (χ0v) is 11.5. The number of nitrogens with two attached hydrogens (primary N) is 1. The summed E-state index contributed by atoms with van der Waals surface area (Å²) >= 11 is 3.53. The fourth-order valence-electron chi connectivity index (χ4n) is 1.75. The first kappa shape index (κ1) is 13.7. The van der Waals surface area contributed by atoms with Crippen molar-refractivity contribution in [2.75, 3.05) is 6.54 Å². The molecule has 90 valence electrons. The van der Waals surface area contributed by atoms with E-state index in [-0.39, 0.29) is 12.2 Å². The van der Waals surface area contributed by atoms with Crippen LogP contribution in [0.4, 0.5) is 0 Å². The molecule has 2 N–H and O–H groups in total. The van der Waals surface area contributed by atoms with Crippen molar-refractivity contribution in [2.24, 2.45) is 5.73 Å². The maximum Gasteiger partial charge on any atom is 0.0961 e. The van der Waals surface area contributed by atoms with Crippen LogP contribution in [0.25, 0.3) is 0 Å². The third kappa shape index (κ3) is 3.89. The number of hydrogen-bond acceptors (Lipinski definition) is 2. The van der Waals surface area contributed by atoms with E-state index in [0.29, 0.717) is 6.54 Å². The summed E-state index contributed by atoms with van der Waals surface area (Å²) in [6.07, 6.45) is 2.44. The Bertz CT molecular complexity index is 317. The second-order valence-corrected chi connectivity index (χ2v) is 4.84. The Morgan fingerprint density at radius 3 is 2.62 bits per heavy atom. The van der Waals surface area contributed by atoms with Crippen molar-refractivity contribution in [2.45, 2.75) is 38.9 Å². The van der Waals surface area contributed by atoms with Crippen LogP contribution in [0, 0.1) is 0 Å². The molecule has 2 unspecified atom stereocenters. The first-order chi connectivity index (χ1) is 7.69. The van der Waals surface area contributed by atoms with Crippen molar-refractivity contribution < 1.29 is 4.74 Å². The van der Waals surface area contributed by atoms with Gasteiger partial charge in [-0.3, -0.25) is 0 Å². The van der Waals surface area contributed by atoms with E-state index in [0.717, 1.165) is 22.9 Å². The topological polar surface area (TPSA) is 35.2 Å². The van der Waals surface area contributed by atoms with Gasteiger partial charge in [0, 0.05) is 11.0 Å². The number of halogens is 1. The van der Waals surface area contributed by atoms with E-state index < -0.39 is 0 Å². The van der Waals surface area contributed by atoms with Crippen molar-refractivity contribution in [3.63, 3.8) is 0 Å². The molecular weight excluding hydrogens is 266 g/mol. The molecule has 0 heterocycles. The molecule has 2 nitrogen and oxygen atoms in total. The minimum atomic E-state index is -0.0166. The highest BCUT2D eigenvalue weighted by Gasteiger charge is 2.15. The van der Waals surface area contributed by atoms with Crippen molar-refractivity contribution in [1.82, 2.24) is 0 Å². The van der Waals surface area contributed by atoms with E-state index >= 15 is 0 Å². The quantitative estimate of drug-likeness (QED) is 0.866. The predicted molar refractivity (Wildman–Crippen MR) is 71.4 cm³/mol. The van der Waals surface area contributed by atoms with E-state index in [1.807, 2.05) is 18.2 Å². The van der Waals surface area contributed by atoms with E-state index in [1.54, 1.807) is 0 Å². The average molecular weight is 286 g/mol. The molecule has 0 aromatic heterocycles. The SMILES string of the molecule is CCCC(C)OC(CN)c1ccccc1Br. The number of hydrogen-bond donors (Lipinski definition) is 1. The van der Waals surface area contributed by atoms with Gasteiger partial charge in [0.1, 0.15) is 0 Å². The number of benzene rings is 1. The molecule has 0 aliphatic carbocycles. The highest BCUT2D eigenvalue weighted by molar-refractivity contribution is 9.10. The molecule has 0 saturated heterocycles. The van der Waals surface area contributed by atoms with Gasteiger partial charge in [-0.15, -0.1) is 0 Å². The van der Waals surface area contributed by atoms with Gasteiger partial charge in [0.25, 0.3) is 0 Å².